The number of carbonyl (C=O) groups excluding carboxylic acids is 1. The van der Waals surface area contributed by atoms with Crippen molar-refractivity contribution < 1.29 is 14.7 Å². The predicted molar refractivity (Wildman–Crippen MR) is 80.3 cm³/mol. The summed E-state index contributed by atoms with van der Waals surface area (Å²) in [4.78, 5) is 28.2. The molecule has 1 saturated heterocycles. The monoisotopic (exact) mass is 297 g/mol. The molecular weight excluding hydrogens is 270 g/mol. The average molecular weight is 297 g/mol. The van der Waals surface area contributed by atoms with Crippen molar-refractivity contribution in [1.82, 2.24) is 15.1 Å². The molecule has 0 aromatic rings. The van der Waals surface area contributed by atoms with E-state index in [9.17, 15) is 14.7 Å². The summed E-state index contributed by atoms with van der Waals surface area (Å²) < 4.78 is 0. The molecule has 0 aromatic heterocycles. The molecule has 2 fully saturated rings. The second-order valence-electron chi connectivity index (χ2n) is 6.51. The molecule has 0 radical (unpaired) electrons. The molecule has 2 N–H and O–H groups in total. The quantitative estimate of drug-likeness (QED) is 0.758. The minimum absolute atomic E-state index is 0.223. The van der Waals surface area contributed by atoms with E-state index in [4.69, 9.17) is 0 Å². The van der Waals surface area contributed by atoms with Crippen LogP contribution in [0.2, 0.25) is 0 Å². The number of nitrogens with zero attached hydrogens (tertiary/aromatic N) is 2. The Bertz CT molecular complexity index is 392. The number of rotatable bonds is 2. The van der Waals surface area contributed by atoms with Crippen LogP contribution in [0.5, 0.6) is 0 Å². The number of likely N-dealkylation sites (N-methyl/N-ethyl adjacent to an activating group) is 1. The molecule has 120 valence electrons. The molecule has 2 rings (SSSR count). The van der Waals surface area contributed by atoms with Gasteiger partial charge in [0.25, 0.3) is 0 Å². The molecule has 0 bridgehead atoms. The Morgan fingerprint density at radius 3 is 2.29 bits per heavy atom. The first-order chi connectivity index (χ1) is 9.94. The first kappa shape index (κ1) is 16.1. The summed E-state index contributed by atoms with van der Waals surface area (Å²) >= 11 is 0. The Morgan fingerprint density at radius 1 is 1.14 bits per heavy atom. The summed E-state index contributed by atoms with van der Waals surface area (Å²) in [6.07, 6.45) is 4.92. The van der Waals surface area contributed by atoms with Crippen molar-refractivity contribution in [3.05, 3.63) is 0 Å². The standard InChI is InChI=1S/C15H27N3O3/c1-12-11-18(10-9-17(12)2)14(21)16-15(13(19)20)7-5-3-4-6-8-15/h12H,3-11H2,1-2H3,(H,16,21)(H,19,20). The summed E-state index contributed by atoms with van der Waals surface area (Å²) in [5.74, 6) is -0.889. The van der Waals surface area contributed by atoms with Crippen LogP contribution < -0.4 is 5.32 Å². The molecule has 1 aliphatic heterocycles. The van der Waals surface area contributed by atoms with Crippen LogP contribution in [-0.4, -0.2) is 65.2 Å². The summed E-state index contributed by atoms with van der Waals surface area (Å²) in [5.41, 5.74) is -1.07. The maximum atomic E-state index is 12.5. The number of nitrogens with one attached hydrogen (secondary N) is 1. The molecule has 6 nitrogen and oxygen atoms in total. The molecule has 1 atom stereocenters. The van der Waals surface area contributed by atoms with E-state index in [0.717, 1.165) is 32.2 Å². The van der Waals surface area contributed by atoms with Crippen LogP contribution in [0.4, 0.5) is 4.79 Å². The van der Waals surface area contributed by atoms with Crippen LogP contribution in [0.15, 0.2) is 0 Å². The first-order valence-electron chi connectivity index (χ1n) is 7.95. The Hall–Kier alpha value is -1.30. The third-order valence-electron chi connectivity index (χ3n) is 4.96. The van der Waals surface area contributed by atoms with Crippen LogP contribution >= 0.6 is 0 Å². The molecule has 2 amide bonds. The highest BCUT2D eigenvalue weighted by Gasteiger charge is 2.41. The van der Waals surface area contributed by atoms with Gasteiger partial charge in [-0.05, 0) is 26.8 Å². The lowest BCUT2D eigenvalue weighted by atomic mass is 9.90. The van der Waals surface area contributed by atoms with E-state index in [1.54, 1.807) is 4.90 Å². The second kappa shape index (κ2) is 6.64. The number of carboxylic acids is 1. The zero-order chi connectivity index (χ0) is 15.5. The topological polar surface area (TPSA) is 72.9 Å². The van der Waals surface area contributed by atoms with Gasteiger partial charge in [0.15, 0.2) is 0 Å². The number of hydrogen-bond donors (Lipinski definition) is 2. The van der Waals surface area contributed by atoms with Gasteiger partial charge in [-0.2, -0.15) is 0 Å². The normalized spacial score (nSPS) is 27.0. The van der Waals surface area contributed by atoms with Crippen molar-refractivity contribution in [2.24, 2.45) is 0 Å². The lowest BCUT2D eigenvalue weighted by molar-refractivity contribution is -0.145. The van der Waals surface area contributed by atoms with Gasteiger partial charge in [0.1, 0.15) is 5.54 Å². The Labute approximate surface area is 126 Å². The number of aliphatic carboxylic acids is 1. The van der Waals surface area contributed by atoms with Crippen molar-refractivity contribution >= 4 is 12.0 Å². The van der Waals surface area contributed by atoms with E-state index >= 15 is 0 Å². The third-order valence-corrected chi connectivity index (χ3v) is 4.96. The predicted octanol–water partition coefficient (Wildman–Crippen LogP) is 1.51. The number of carbonyl (C=O) groups is 2. The van der Waals surface area contributed by atoms with E-state index < -0.39 is 11.5 Å². The first-order valence-corrected chi connectivity index (χ1v) is 7.95. The molecule has 1 heterocycles. The van der Waals surface area contributed by atoms with Gasteiger partial charge in [0.2, 0.25) is 0 Å². The van der Waals surface area contributed by atoms with Gasteiger partial charge >= 0.3 is 12.0 Å². The minimum atomic E-state index is -1.07. The van der Waals surface area contributed by atoms with Gasteiger partial charge in [-0.1, -0.05) is 25.7 Å². The summed E-state index contributed by atoms with van der Waals surface area (Å²) in [7, 11) is 2.05. The number of piperazine rings is 1. The van der Waals surface area contributed by atoms with Crippen LogP contribution in [0, 0.1) is 0 Å². The van der Waals surface area contributed by atoms with Gasteiger partial charge in [-0.25, -0.2) is 9.59 Å². The van der Waals surface area contributed by atoms with Crippen molar-refractivity contribution in [2.75, 3.05) is 26.7 Å². The fraction of sp³-hybridized carbons (Fsp3) is 0.867. The van der Waals surface area contributed by atoms with Gasteiger partial charge < -0.3 is 20.2 Å². The number of hydrogen-bond acceptors (Lipinski definition) is 3. The van der Waals surface area contributed by atoms with Gasteiger partial charge in [-0.3, -0.25) is 0 Å². The summed E-state index contributed by atoms with van der Waals surface area (Å²) in [5, 5.41) is 12.5. The number of amides is 2. The highest BCUT2D eigenvalue weighted by Crippen LogP contribution is 2.28. The van der Waals surface area contributed by atoms with Gasteiger partial charge in [-0.15, -0.1) is 0 Å². The molecule has 6 heteroatoms. The van der Waals surface area contributed by atoms with Crippen molar-refractivity contribution in [2.45, 2.75) is 57.0 Å². The summed E-state index contributed by atoms with van der Waals surface area (Å²) in [6, 6.07) is 0.0821. The molecular formula is C15H27N3O3. The van der Waals surface area contributed by atoms with Crippen LogP contribution in [0.25, 0.3) is 0 Å². The van der Waals surface area contributed by atoms with E-state index in [1.807, 2.05) is 7.05 Å². The second-order valence-corrected chi connectivity index (χ2v) is 6.51. The van der Waals surface area contributed by atoms with Crippen molar-refractivity contribution in [1.29, 1.82) is 0 Å². The fourth-order valence-corrected chi connectivity index (χ4v) is 3.24. The van der Waals surface area contributed by atoms with E-state index in [0.29, 0.717) is 32.0 Å². The molecule has 21 heavy (non-hydrogen) atoms. The molecule has 1 unspecified atom stereocenters. The zero-order valence-electron chi connectivity index (χ0n) is 13.1. The van der Waals surface area contributed by atoms with Crippen LogP contribution in [0.1, 0.15) is 45.4 Å². The van der Waals surface area contributed by atoms with E-state index in [-0.39, 0.29) is 6.03 Å². The minimum Gasteiger partial charge on any atom is -0.480 e. The highest BCUT2D eigenvalue weighted by atomic mass is 16.4. The lowest BCUT2D eigenvalue weighted by Crippen LogP contribution is -2.61. The van der Waals surface area contributed by atoms with Crippen LogP contribution in [0.3, 0.4) is 0 Å². The van der Waals surface area contributed by atoms with Gasteiger partial charge in [0, 0.05) is 25.7 Å². The van der Waals surface area contributed by atoms with Gasteiger partial charge in [0.05, 0.1) is 0 Å². The third kappa shape index (κ3) is 3.67. The lowest BCUT2D eigenvalue weighted by Gasteiger charge is -2.39. The number of carboxylic acid groups (broad SMARTS) is 1. The Balaban J connectivity index is 2.03. The SMILES string of the molecule is CC1CN(C(=O)NC2(C(=O)O)CCCCCC2)CCN1C. The average Bonchev–Trinajstić information content (AvgIpc) is 2.68. The molecule has 0 spiro atoms. The molecule has 2 aliphatic rings. The summed E-state index contributed by atoms with van der Waals surface area (Å²) in [6.45, 7) is 4.22. The molecule has 1 saturated carbocycles. The molecule has 0 aromatic carbocycles. The maximum absolute atomic E-state index is 12.5. The maximum Gasteiger partial charge on any atom is 0.329 e. The highest BCUT2D eigenvalue weighted by molar-refractivity contribution is 5.86. The fourth-order valence-electron chi connectivity index (χ4n) is 3.24. The Kier molecular flexibility index (Phi) is 5.08. The van der Waals surface area contributed by atoms with Crippen LogP contribution in [-0.2, 0) is 4.79 Å². The Morgan fingerprint density at radius 2 is 1.76 bits per heavy atom. The zero-order valence-corrected chi connectivity index (χ0v) is 13.1. The van der Waals surface area contributed by atoms with Crippen molar-refractivity contribution in [3.8, 4) is 0 Å². The number of urea groups is 1. The van der Waals surface area contributed by atoms with Crippen molar-refractivity contribution in [3.63, 3.8) is 0 Å². The van der Waals surface area contributed by atoms with E-state index in [2.05, 4.69) is 17.1 Å². The molecule has 1 aliphatic carbocycles. The largest absolute Gasteiger partial charge is 0.480 e. The smallest absolute Gasteiger partial charge is 0.329 e. The van der Waals surface area contributed by atoms with E-state index in [1.165, 1.54) is 0 Å².